The molecule has 0 bridgehead atoms. The normalized spacial score (nSPS) is 9.43. The molecule has 14 heavy (non-hydrogen) atoms. The second kappa shape index (κ2) is 3.40. The summed E-state index contributed by atoms with van der Waals surface area (Å²) in [6, 6.07) is 13.9. The van der Waals surface area contributed by atoms with E-state index in [1.54, 1.807) is 0 Å². The Morgan fingerprint density at radius 2 is 1.29 bits per heavy atom. The molecule has 0 spiro atoms. The van der Waals surface area contributed by atoms with Crippen LogP contribution in [0.5, 0.6) is 0 Å². The van der Waals surface area contributed by atoms with Crippen molar-refractivity contribution in [2.24, 2.45) is 0 Å². The van der Waals surface area contributed by atoms with Gasteiger partial charge in [-0.1, -0.05) is 37.4 Å². The second-order valence-corrected chi connectivity index (χ2v) is 3.10. The quantitative estimate of drug-likeness (QED) is 0.657. The van der Waals surface area contributed by atoms with Gasteiger partial charge in [-0.05, 0) is 46.2 Å². The molecule has 0 atom stereocenters. The highest BCUT2D eigenvalue weighted by molar-refractivity contribution is 5.87. The van der Waals surface area contributed by atoms with Crippen molar-refractivity contribution in [2.75, 3.05) is 0 Å². The first-order valence-corrected chi connectivity index (χ1v) is 4.45. The number of rotatable bonds is 2. The molecular weight excluding hydrogens is 168 g/mol. The van der Waals surface area contributed by atoms with E-state index in [-0.39, 0.29) is 0 Å². The molecule has 0 aliphatic heterocycles. The molecular formula is C14H10. The molecule has 0 unspecified atom stereocenters. The summed E-state index contributed by atoms with van der Waals surface area (Å²) >= 11 is 0. The SMILES string of the molecule is C=Cc1cc2cc#ccc2cc1C=C. The summed E-state index contributed by atoms with van der Waals surface area (Å²) in [6.45, 7) is 7.56. The van der Waals surface area contributed by atoms with Crippen LogP contribution in [0.4, 0.5) is 0 Å². The summed E-state index contributed by atoms with van der Waals surface area (Å²) in [6.07, 6.45) is 3.68. The van der Waals surface area contributed by atoms with Crippen LogP contribution in [0.1, 0.15) is 11.1 Å². The predicted molar refractivity (Wildman–Crippen MR) is 61.8 cm³/mol. The average Bonchev–Trinajstić information content (AvgIpc) is 2.27. The Bertz CT molecular complexity index is 446. The first-order chi connectivity index (χ1) is 6.85. The van der Waals surface area contributed by atoms with Crippen LogP contribution in [0.3, 0.4) is 0 Å². The Balaban J connectivity index is 2.81. The smallest absolute Gasteiger partial charge is 0.00363 e. The molecule has 0 saturated heterocycles. The van der Waals surface area contributed by atoms with E-state index in [1.165, 1.54) is 0 Å². The Kier molecular flexibility index (Phi) is 2.08. The van der Waals surface area contributed by atoms with Crippen molar-refractivity contribution in [1.29, 1.82) is 0 Å². The standard InChI is InChI=1S/C14H10/c1-3-11-9-13-7-5-6-8-14(13)10-12(11)4-2/h3-4,7-10H,1-2H2. The lowest BCUT2D eigenvalue weighted by Gasteiger charge is -2.02. The maximum atomic E-state index is 3.78. The van der Waals surface area contributed by atoms with E-state index in [2.05, 4.69) is 37.4 Å². The lowest BCUT2D eigenvalue weighted by molar-refractivity contribution is 1.67. The van der Waals surface area contributed by atoms with Gasteiger partial charge in [0.05, 0.1) is 0 Å². The van der Waals surface area contributed by atoms with Gasteiger partial charge >= 0.3 is 0 Å². The minimum atomic E-state index is 1.10. The third-order valence-corrected chi connectivity index (χ3v) is 2.27. The number of hydrogen-bond donors (Lipinski definition) is 0. The molecule has 0 fully saturated rings. The van der Waals surface area contributed by atoms with Crippen LogP contribution in [0.25, 0.3) is 22.9 Å². The number of hydrogen-bond acceptors (Lipinski definition) is 0. The summed E-state index contributed by atoms with van der Waals surface area (Å²) < 4.78 is 0. The van der Waals surface area contributed by atoms with Gasteiger partial charge in [0.15, 0.2) is 0 Å². The van der Waals surface area contributed by atoms with Gasteiger partial charge in [-0.15, -0.1) is 0 Å². The minimum Gasteiger partial charge on any atom is -0.0984 e. The molecule has 0 aromatic heterocycles. The lowest BCUT2D eigenvalue weighted by Crippen LogP contribution is -1.81. The molecule has 0 aliphatic carbocycles. The van der Waals surface area contributed by atoms with Crippen molar-refractivity contribution >= 4 is 22.9 Å². The van der Waals surface area contributed by atoms with Crippen LogP contribution in [0, 0.1) is 12.1 Å². The Hall–Kier alpha value is -2.00. The fourth-order valence-corrected chi connectivity index (χ4v) is 1.51. The maximum Gasteiger partial charge on any atom is -0.00363 e. The third kappa shape index (κ3) is 1.30. The Morgan fingerprint density at radius 1 is 0.857 bits per heavy atom. The topological polar surface area (TPSA) is 0 Å². The van der Waals surface area contributed by atoms with Crippen molar-refractivity contribution in [2.45, 2.75) is 0 Å². The van der Waals surface area contributed by atoms with E-state index >= 15 is 0 Å². The van der Waals surface area contributed by atoms with Gasteiger partial charge in [-0.2, -0.15) is 0 Å². The molecule has 2 aromatic carbocycles. The monoisotopic (exact) mass is 178 g/mol. The van der Waals surface area contributed by atoms with Crippen molar-refractivity contribution in [3.8, 4) is 0 Å². The highest BCUT2D eigenvalue weighted by Crippen LogP contribution is 2.20. The maximum absolute atomic E-state index is 3.78. The molecule has 2 aromatic rings. The zero-order chi connectivity index (χ0) is 9.97. The number of fused-ring (bicyclic) bond motifs is 1. The van der Waals surface area contributed by atoms with Crippen molar-refractivity contribution < 1.29 is 0 Å². The van der Waals surface area contributed by atoms with Crippen LogP contribution in [-0.2, 0) is 0 Å². The van der Waals surface area contributed by atoms with E-state index in [0.29, 0.717) is 0 Å². The molecule has 0 heterocycles. The minimum absolute atomic E-state index is 1.10. The molecule has 0 saturated carbocycles. The Labute approximate surface area is 84.2 Å². The fraction of sp³-hybridized carbons (Fsp3) is 0. The number of benzene rings is 1. The van der Waals surface area contributed by atoms with Crippen molar-refractivity contribution in [3.63, 3.8) is 0 Å². The van der Waals surface area contributed by atoms with Gasteiger partial charge in [0.25, 0.3) is 0 Å². The highest BCUT2D eigenvalue weighted by Gasteiger charge is 1.98. The largest absolute Gasteiger partial charge is 0.0984 e. The summed E-state index contributed by atoms with van der Waals surface area (Å²) in [5.74, 6) is 0. The van der Waals surface area contributed by atoms with Crippen LogP contribution in [0.15, 0.2) is 37.4 Å². The second-order valence-electron chi connectivity index (χ2n) is 3.10. The summed E-state index contributed by atoms with van der Waals surface area (Å²) in [5.41, 5.74) is 2.21. The zero-order valence-corrected chi connectivity index (χ0v) is 7.88. The van der Waals surface area contributed by atoms with Crippen LogP contribution < -0.4 is 0 Å². The first-order valence-electron chi connectivity index (χ1n) is 4.45. The van der Waals surface area contributed by atoms with Gasteiger partial charge in [0, 0.05) is 0 Å². The molecule has 0 amide bonds. The molecule has 0 N–H and O–H groups in total. The fourth-order valence-electron chi connectivity index (χ4n) is 1.51. The third-order valence-electron chi connectivity index (χ3n) is 2.27. The van der Waals surface area contributed by atoms with E-state index in [4.69, 9.17) is 0 Å². The predicted octanol–water partition coefficient (Wildman–Crippen LogP) is 3.73. The lowest BCUT2D eigenvalue weighted by atomic mass is 10.0. The van der Waals surface area contributed by atoms with Crippen LogP contribution >= 0.6 is 0 Å². The molecule has 0 aliphatic rings. The van der Waals surface area contributed by atoms with E-state index in [1.807, 2.05) is 24.3 Å². The van der Waals surface area contributed by atoms with E-state index in [0.717, 1.165) is 21.9 Å². The molecule has 0 nitrogen and oxygen atoms in total. The Morgan fingerprint density at radius 3 is 1.64 bits per heavy atom. The highest BCUT2D eigenvalue weighted by atomic mass is 14.0. The van der Waals surface area contributed by atoms with Crippen LogP contribution in [0.2, 0.25) is 0 Å². The summed E-state index contributed by atoms with van der Waals surface area (Å²) in [7, 11) is 0. The van der Waals surface area contributed by atoms with Gasteiger partial charge in [0.1, 0.15) is 0 Å². The molecule has 66 valence electrons. The van der Waals surface area contributed by atoms with Gasteiger partial charge in [-0.25, -0.2) is 0 Å². The molecule has 0 heteroatoms. The zero-order valence-electron chi connectivity index (χ0n) is 7.88. The van der Waals surface area contributed by atoms with Crippen LogP contribution in [-0.4, -0.2) is 0 Å². The molecule has 0 radical (unpaired) electrons. The van der Waals surface area contributed by atoms with E-state index in [9.17, 15) is 0 Å². The summed E-state index contributed by atoms with van der Waals surface area (Å²) in [5, 5.41) is 2.31. The van der Waals surface area contributed by atoms with E-state index < -0.39 is 0 Å². The molecule has 2 rings (SSSR count). The van der Waals surface area contributed by atoms with Gasteiger partial charge in [0.2, 0.25) is 0 Å². The van der Waals surface area contributed by atoms with Crippen molar-refractivity contribution in [3.05, 3.63) is 60.7 Å². The average molecular weight is 178 g/mol. The summed E-state index contributed by atoms with van der Waals surface area (Å²) in [4.78, 5) is 0. The van der Waals surface area contributed by atoms with Gasteiger partial charge in [-0.3, -0.25) is 0 Å². The van der Waals surface area contributed by atoms with Gasteiger partial charge < -0.3 is 0 Å². The first kappa shape index (κ1) is 8.59. The van der Waals surface area contributed by atoms with Crippen molar-refractivity contribution in [1.82, 2.24) is 0 Å².